The molecule has 0 heterocycles. The third-order valence-electron chi connectivity index (χ3n) is 2.70. The van der Waals surface area contributed by atoms with Gasteiger partial charge in [-0.15, -0.1) is 0 Å². The van der Waals surface area contributed by atoms with Crippen molar-refractivity contribution in [2.24, 2.45) is 5.84 Å². The maximum absolute atomic E-state index is 13.7. The van der Waals surface area contributed by atoms with Gasteiger partial charge in [-0.05, 0) is 17.7 Å². The van der Waals surface area contributed by atoms with Gasteiger partial charge in [-0.3, -0.25) is 5.84 Å². The number of benzene rings is 2. The van der Waals surface area contributed by atoms with Crippen molar-refractivity contribution in [2.75, 3.05) is 0 Å². The normalized spacial score (nSPS) is 12.5. The lowest BCUT2D eigenvalue weighted by atomic mass is 9.98. The number of hydrazine groups is 1. The number of nitrogens with two attached hydrogens (primary N) is 1. The minimum absolute atomic E-state index is 0.355. The molecule has 6 heteroatoms. The van der Waals surface area contributed by atoms with Crippen LogP contribution < -0.4 is 11.3 Å². The molecular formula is C13H10F4N2. The van der Waals surface area contributed by atoms with Crippen LogP contribution in [0.15, 0.2) is 36.4 Å². The van der Waals surface area contributed by atoms with E-state index in [1.807, 2.05) is 0 Å². The van der Waals surface area contributed by atoms with Gasteiger partial charge in [0, 0.05) is 17.7 Å². The number of nitrogens with one attached hydrogen (secondary N) is 1. The van der Waals surface area contributed by atoms with E-state index in [9.17, 15) is 17.6 Å². The fraction of sp³-hybridized carbons (Fsp3) is 0.0769. The van der Waals surface area contributed by atoms with E-state index in [1.165, 1.54) is 12.1 Å². The standard InChI is InChI=1S/C13H10F4N2/c14-8-3-1-7(2-4-8)13(19-18)12-10(16)5-9(15)6-11(12)17/h1-6,13,19H,18H2. The number of hydrogen-bond donors (Lipinski definition) is 2. The minimum atomic E-state index is -1.07. The number of halogens is 4. The largest absolute Gasteiger partial charge is 0.271 e. The van der Waals surface area contributed by atoms with Crippen LogP contribution >= 0.6 is 0 Å². The van der Waals surface area contributed by atoms with Crippen LogP contribution in [0.2, 0.25) is 0 Å². The predicted molar refractivity (Wildman–Crippen MR) is 61.9 cm³/mol. The Bertz CT molecular complexity index is 561. The first kappa shape index (κ1) is 13.5. The summed E-state index contributed by atoms with van der Waals surface area (Å²) in [6.07, 6.45) is 0. The van der Waals surface area contributed by atoms with Crippen molar-refractivity contribution in [2.45, 2.75) is 6.04 Å². The van der Waals surface area contributed by atoms with Gasteiger partial charge in [0.05, 0.1) is 6.04 Å². The van der Waals surface area contributed by atoms with E-state index >= 15 is 0 Å². The van der Waals surface area contributed by atoms with Crippen molar-refractivity contribution in [1.82, 2.24) is 5.43 Å². The Morgan fingerprint density at radius 2 is 1.37 bits per heavy atom. The van der Waals surface area contributed by atoms with Crippen molar-refractivity contribution >= 4 is 0 Å². The Hall–Kier alpha value is -1.92. The van der Waals surface area contributed by atoms with Gasteiger partial charge < -0.3 is 0 Å². The van der Waals surface area contributed by atoms with Crippen LogP contribution in [0, 0.1) is 23.3 Å². The van der Waals surface area contributed by atoms with Crippen LogP contribution in [0.5, 0.6) is 0 Å². The van der Waals surface area contributed by atoms with Gasteiger partial charge in [0.2, 0.25) is 0 Å². The molecule has 1 atom stereocenters. The van der Waals surface area contributed by atoms with Gasteiger partial charge in [0.25, 0.3) is 0 Å². The highest BCUT2D eigenvalue weighted by Crippen LogP contribution is 2.27. The first-order valence-corrected chi connectivity index (χ1v) is 5.39. The van der Waals surface area contributed by atoms with E-state index in [0.29, 0.717) is 17.7 Å². The molecule has 3 N–H and O–H groups in total. The third-order valence-corrected chi connectivity index (χ3v) is 2.70. The maximum Gasteiger partial charge on any atom is 0.134 e. The number of hydrogen-bond acceptors (Lipinski definition) is 2. The smallest absolute Gasteiger partial charge is 0.134 e. The molecule has 0 amide bonds. The van der Waals surface area contributed by atoms with E-state index in [2.05, 4.69) is 5.43 Å². The van der Waals surface area contributed by atoms with E-state index in [0.717, 1.165) is 12.1 Å². The lowest BCUT2D eigenvalue weighted by molar-refractivity contribution is 0.491. The molecule has 0 aliphatic rings. The topological polar surface area (TPSA) is 38.0 Å². The molecule has 100 valence electrons. The van der Waals surface area contributed by atoms with Gasteiger partial charge in [-0.2, -0.15) is 0 Å². The summed E-state index contributed by atoms with van der Waals surface area (Å²) in [5.41, 5.74) is 2.16. The highest BCUT2D eigenvalue weighted by Gasteiger charge is 2.22. The summed E-state index contributed by atoms with van der Waals surface area (Å²) in [6.45, 7) is 0. The second kappa shape index (κ2) is 5.38. The quantitative estimate of drug-likeness (QED) is 0.511. The lowest BCUT2D eigenvalue weighted by Gasteiger charge is -2.18. The molecule has 0 aliphatic carbocycles. The molecule has 2 aromatic carbocycles. The minimum Gasteiger partial charge on any atom is -0.271 e. The molecule has 2 rings (SSSR count). The Labute approximate surface area is 106 Å². The van der Waals surface area contributed by atoms with Crippen molar-refractivity contribution in [1.29, 1.82) is 0 Å². The van der Waals surface area contributed by atoms with Crippen LogP contribution in [0.1, 0.15) is 17.2 Å². The van der Waals surface area contributed by atoms with E-state index in [-0.39, 0.29) is 0 Å². The monoisotopic (exact) mass is 270 g/mol. The van der Waals surface area contributed by atoms with Gasteiger partial charge >= 0.3 is 0 Å². The molecule has 0 fully saturated rings. The highest BCUT2D eigenvalue weighted by molar-refractivity contribution is 5.34. The third kappa shape index (κ3) is 2.74. The summed E-state index contributed by atoms with van der Waals surface area (Å²) in [4.78, 5) is 0. The van der Waals surface area contributed by atoms with Crippen LogP contribution in [0.25, 0.3) is 0 Å². The molecule has 0 saturated heterocycles. The van der Waals surface area contributed by atoms with E-state index in [1.54, 1.807) is 0 Å². The second-order valence-electron chi connectivity index (χ2n) is 3.93. The molecule has 0 spiro atoms. The summed E-state index contributed by atoms with van der Waals surface area (Å²) in [5.74, 6) is 1.64. The zero-order chi connectivity index (χ0) is 14.0. The molecule has 2 aromatic rings. The van der Waals surface area contributed by atoms with Gasteiger partial charge in [0.1, 0.15) is 23.3 Å². The second-order valence-corrected chi connectivity index (χ2v) is 3.93. The molecule has 2 nitrogen and oxygen atoms in total. The average molecular weight is 270 g/mol. The molecule has 0 aliphatic heterocycles. The summed E-state index contributed by atoms with van der Waals surface area (Å²) in [5, 5.41) is 0. The Balaban J connectivity index is 2.51. The molecule has 19 heavy (non-hydrogen) atoms. The Morgan fingerprint density at radius 1 is 0.842 bits per heavy atom. The Morgan fingerprint density at radius 3 is 1.84 bits per heavy atom. The maximum atomic E-state index is 13.7. The molecule has 0 saturated carbocycles. The molecular weight excluding hydrogens is 260 g/mol. The summed E-state index contributed by atoms with van der Waals surface area (Å²) in [6, 6.07) is 5.03. The van der Waals surface area contributed by atoms with Crippen LogP contribution in [0.4, 0.5) is 17.6 Å². The first-order chi connectivity index (χ1) is 9.02. The first-order valence-electron chi connectivity index (χ1n) is 5.39. The van der Waals surface area contributed by atoms with Crippen LogP contribution in [0.3, 0.4) is 0 Å². The predicted octanol–water partition coefficient (Wildman–Crippen LogP) is 2.80. The van der Waals surface area contributed by atoms with Gasteiger partial charge in [-0.1, -0.05) is 12.1 Å². The SMILES string of the molecule is NNC(c1ccc(F)cc1)c1c(F)cc(F)cc1F. The van der Waals surface area contributed by atoms with Gasteiger partial charge in [0.15, 0.2) is 0 Å². The molecule has 0 aromatic heterocycles. The van der Waals surface area contributed by atoms with E-state index < -0.39 is 34.9 Å². The summed E-state index contributed by atoms with van der Waals surface area (Å²) < 4.78 is 53.0. The summed E-state index contributed by atoms with van der Waals surface area (Å²) >= 11 is 0. The van der Waals surface area contributed by atoms with Gasteiger partial charge in [-0.25, -0.2) is 23.0 Å². The fourth-order valence-electron chi connectivity index (χ4n) is 1.83. The van der Waals surface area contributed by atoms with E-state index in [4.69, 9.17) is 5.84 Å². The molecule has 0 radical (unpaired) electrons. The molecule has 0 bridgehead atoms. The van der Waals surface area contributed by atoms with Crippen molar-refractivity contribution in [3.8, 4) is 0 Å². The Kier molecular flexibility index (Phi) is 3.82. The zero-order valence-electron chi connectivity index (χ0n) is 9.63. The molecule has 1 unspecified atom stereocenters. The van der Waals surface area contributed by atoms with Crippen molar-refractivity contribution in [3.05, 3.63) is 70.8 Å². The summed E-state index contributed by atoms with van der Waals surface area (Å²) in [7, 11) is 0. The number of rotatable bonds is 3. The van der Waals surface area contributed by atoms with Crippen LogP contribution in [-0.4, -0.2) is 0 Å². The van der Waals surface area contributed by atoms with Crippen molar-refractivity contribution in [3.63, 3.8) is 0 Å². The zero-order valence-corrected chi connectivity index (χ0v) is 9.63. The van der Waals surface area contributed by atoms with Crippen LogP contribution in [-0.2, 0) is 0 Å². The van der Waals surface area contributed by atoms with Crippen molar-refractivity contribution < 1.29 is 17.6 Å². The fourth-order valence-corrected chi connectivity index (χ4v) is 1.83. The average Bonchev–Trinajstić information content (AvgIpc) is 2.35. The highest BCUT2D eigenvalue weighted by atomic mass is 19.1. The lowest BCUT2D eigenvalue weighted by Crippen LogP contribution is -2.30.